The summed E-state index contributed by atoms with van der Waals surface area (Å²) in [5, 5.41) is 11.4. The zero-order chi connectivity index (χ0) is 15.8. The molecule has 0 saturated carbocycles. The van der Waals surface area contributed by atoms with Gasteiger partial charge in [-0.3, -0.25) is 9.69 Å². The maximum Gasteiger partial charge on any atom is 0.391 e. The number of alkyl halides is 3. The predicted octanol–water partition coefficient (Wildman–Crippen LogP) is 2.33. The number of amides is 3. The second-order valence-corrected chi connectivity index (χ2v) is 4.80. The van der Waals surface area contributed by atoms with Crippen molar-refractivity contribution in [1.29, 1.82) is 0 Å². The van der Waals surface area contributed by atoms with Crippen molar-refractivity contribution in [2.75, 3.05) is 0 Å². The van der Waals surface area contributed by atoms with E-state index in [2.05, 4.69) is 0 Å². The Kier molecular flexibility index (Phi) is 3.80. The molecule has 21 heavy (non-hydrogen) atoms. The Morgan fingerprint density at radius 2 is 2.05 bits per heavy atom. The lowest BCUT2D eigenvalue weighted by atomic mass is 10.1. The third-order valence-corrected chi connectivity index (χ3v) is 3.23. The minimum absolute atomic E-state index is 0.0572. The van der Waals surface area contributed by atoms with Gasteiger partial charge in [0, 0.05) is 0 Å². The summed E-state index contributed by atoms with van der Waals surface area (Å²) in [6, 6.07) is 2.61. The predicted molar refractivity (Wildman–Crippen MR) is 66.4 cm³/mol. The maximum absolute atomic E-state index is 12.4. The SMILES string of the molecule is C[C@@H](c1cccc(O)c1)N1C(=O)NC(CC(F)(F)F)C1=O. The number of phenols is 1. The van der Waals surface area contributed by atoms with Gasteiger partial charge in [0.05, 0.1) is 12.5 Å². The molecule has 3 amide bonds. The van der Waals surface area contributed by atoms with E-state index in [0.29, 0.717) is 5.56 Å². The summed E-state index contributed by atoms with van der Waals surface area (Å²) in [5.74, 6) is -0.980. The van der Waals surface area contributed by atoms with Crippen LogP contribution in [0.2, 0.25) is 0 Å². The lowest BCUT2D eigenvalue weighted by Crippen LogP contribution is -2.35. The molecule has 0 spiro atoms. The summed E-state index contributed by atoms with van der Waals surface area (Å²) in [6.45, 7) is 1.50. The van der Waals surface area contributed by atoms with Gasteiger partial charge in [0.15, 0.2) is 0 Å². The Labute approximate surface area is 118 Å². The van der Waals surface area contributed by atoms with Crippen LogP contribution in [-0.4, -0.2) is 34.2 Å². The number of nitrogens with zero attached hydrogens (tertiary/aromatic N) is 1. The number of urea groups is 1. The number of carbonyl (C=O) groups is 2. The van der Waals surface area contributed by atoms with E-state index in [1.165, 1.54) is 25.1 Å². The fourth-order valence-corrected chi connectivity index (χ4v) is 2.22. The molecule has 2 atom stereocenters. The van der Waals surface area contributed by atoms with Gasteiger partial charge in [-0.1, -0.05) is 12.1 Å². The van der Waals surface area contributed by atoms with Gasteiger partial charge in [0.2, 0.25) is 0 Å². The highest BCUT2D eigenvalue weighted by Gasteiger charge is 2.46. The highest BCUT2D eigenvalue weighted by molar-refractivity contribution is 6.04. The smallest absolute Gasteiger partial charge is 0.391 e. The number of hydrogen-bond acceptors (Lipinski definition) is 3. The quantitative estimate of drug-likeness (QED) is 0.842. The zero-order valence-electron chi connectivity index (χ0n) is 11.0. The fraction of sp³-hybridized carbons (Fsp3) is 0.385. The molecule has 1 aliphatic heterocycles. The van der Waals surface area contributed by atoms with Gasteiger partial charge in [-0.2, -0.15) is 13.2 Å². The van der Waals surface area contributed by atoms with Gasteiger partial charge >= 0.3 is 12.2 Å². The Morgan fingerprint density at radius 3 is 2.62 bits per heavy atom. The first-order valence-electron chi connectivity index (χ1n) is 6.18. The largest absolute Gasteiger partial charge is 0.508 e. The van der Waals surface area contributed by atoms with E-state index < -0.39 is 36.6 Å². The number of rotatable bonds is 3. The van der Waals surface area contributed by atoms with Gasteiger partial charge in [-0.05, 0) is 24.6 Å². The van der Waals surface area contributed by atoms with E-state index in [0.717, 1.165) is 4.90 Å². The van der Waals surface area contributed by atoms with Crippen LogP contribution in [0.15, 0.2) is 24.3 Å². The molecule has 1 saturated heterocycles. The van der Waals surface area contributed by atoms with E-state index >= 15 is 0 Å². The molecule has 1 aromatic rings. The minimum Gasteiger partial charge on any atom is -0.508 e. The molecule has 5 nitrogen and oxygen atoms in total. The van der Waals surface area contributed by atoms with Crippen LogP contribution in [0.25, 0.3) is 0 Å². The van der Waals surface area contributed by atoms with Crippen molar-refractivity contribution in [3.05, 3.63) is 29.8 Å². The Balaban J connectivity index is 2.20. The van der Waals surface area contributed by atoms with Crippen LogP contribution >= 0.6 is 0 Å². The maximum atomic E-state index is 12.4. The number of aromatic hydroxyl groups is 1. The third kappa shape index (κ3) is 3.26. The minimum atomic E-state index is -4.54. The fourth-order valence-electron chi connectivity index (χ4n) is 2.22. The topological polar surface area (TPSA) is 69.6 Å². The summed E-state index contributed by atoms with van der Waals surface area (Å²) in [7, 11) is 0. The number of nitrogens with one attached hydrogen (secondary N) is 1. The summed E-state index contributed by atoms with van der Waals surface area (Å²) >= 11 is 0. The van der Waals surface area contributed by atoms with Crippen LogP contribution in [0.3, 0.4) is 0 Å². The summed E-state index contributed by atoms with van der Waals surface area (Å²) < 4.78 is 37.1. The van der Waals surface area contributed by atoms with Crippen LogP contribution in [0, 0.1) is 0 Å². The van der Waals surface area contributed by atoms with E-state index in [-0.39, 0.29) is 5.75 Å². The molecule has 2 N–H and O–H groups in total. The monoisotopic (exact) mass is 302 g/mol. The van der Waals surface area contributed by atoms with Gasteiger partial charge < -0.3 is 10.4 Å². The first-order valence-corrected chi connectivity index (χ1v) is 6.18. The van der Waals surface area contributed by atoms with Gasteiger partial charge in [-0.25, -0.2) is 4.79 Å². The highest BCUT2D eigenvalue weighted by atomic mass is 19.4. The van der Waals surface area contributed by atoms with Crippen molar-refractivity contribution in [2.45, 2.75) is 31.6 Å². The number of halogens is 3. The Hall–Kier alpha value is -2.25. The molecule has 8 heteroatoms. The molecule has 0 aliphatic carbocycles. The number of imide groups is 1. The Morgan fingerprint density at radius 1 is 1.38 bits per heavy atom. The first kappa shape index (κ1) is 15.1. The first-order chi connectivity index (χ1) is 9.69. The molecular weight excluding hydrogens is 289 g/mol. The Bertz CT molecular complexity index is 574. The molecule has 0 aromatic heterocycles. The molecule has 1 aliphatic rings. The lowest BCUT2D eigenvalue weighted by molar-refractivity contribution is -0.149. The molecule has 1 aromatic carbocycles. The van der Waals surface area contributed by atoms with E-state index in [9.17, 15) is 27.9 Å². The van der Waals surface area contributed by atoms with E-state index in [1.807, 2.05) is 5.32 Å². The number of benzene rings is 1. The number of hydrogen-bond donors (Lipinski definition) is 2. The molecule has 1 fully saturated rings. The second-order valence-electron chi connectivity index (χ2n) is 4.80. The molecule has 1 unspecified atom stereocenters. The van der Waals surface area contributed by atoms with Crippen molar-refractivity contribution < 1.29 is 27.9 Å². The zero-order valence-corrected chi connectivity index (χ0v) is 11.0. The number of carbonyl (C=O) groups excluding carboxylic acids is 2. The van der Waals surface area contributed by atoms with Crippen molar-refractivity contribution in [3.63, 3.8) is 0 Å². The van der Waals surface area contributed by atoms with Gasteiger partial charge in [-0.15, -0.1) is 0 Å². The van der Waals surface area contributed by atoms with Crippen LogP contribution < -0.4 is 5.32 Å². The van der Waals surface area contributed by atoms with Gasteiger partial charge in [0.25, 0.3) is 5.91 Å². The molecule has 1 heterocycles. The third-order valence-electron chi connectivity index (χ3n) is 3.23. The highest BCUT2D eigenvalue weighted by Crippen LogP contribution is 2.30. The van der Waals surface area contributed by atoms with Crippen LogP contribution in [0.1, 0.15) is 24.9 Å². The van der Waals surface area contributed by atoms with Gasteiger partial charge in [0.1, 0.15) is 11.8 Å². The normalized spacial score (nSPS) is 20.6. The lowest BCUT2D eigenvalue weighted by Gasteiger charge is -2.22. The van der Waals surface area contributed by atoms with Crippen molar-refractivity contribution >= 4 is 11.9 Å². The van der Waals surface area contributed by atoms with Crippen LogP contribution in [0.5, 0.6) is 5.75 Å². The summed E-state index contributed by atoms with van der Waals surface area (Å²) in [4.78, 5) is 24.5. The summed E-state index contributed by atoms with van der Waals surface area (Å²) in [5.41, 5.74) is 0.450. The molecule has 0 bridgehead atoms. The van der Waals surface area contributed by atoms with Crippen molar-refractivity contribution in [1.82, 2.24) is 10.2 Å². The number of phenolic OH excluding ortho intramolecular Hbond substituents is 1. The van der Waals surface area contributed by atoms with E-state index in [4.69, 9.17) is 0 Å². The molecule has 0 radical (unpaired) electrons. The average molecular weight is 302 g/mol. The molecule has 2 rings (SSSR count). The molecule has 114 valence electrons. The van der Waals surface area contributed by atoms with Crippen LogP contribution in [0.4, 0.5) is 18.0 Å². The molecular formula is C13H13F3N2O3. The summed E-state index contributed by atoms with van der Waals surface area (Å²) in [6.07, 6.45) is -5.95. The van der Waals surface area contributed by atoms with Crippen LogP contribution in [-0.2, 0) is 4.79 Å². The average Bonchev–Trinajstić information content (AvgIpc) is 2.61. The second kappa shape index (κ2) is 5.27. The van der Waals surface area contributed by atoms with E-state index in [1.54, 1.807) is 6.07 Å². The standard InChI is InChI=1S/C13H13F3N2O3/c1-7(8-3-2-4-9(19)5-8)18-11(20)10(17-12(18)21)6-13(14,15)16/h2-5,7,10,19H,6H2,1H3,(H,17,21)/t7-,10?/m0/s1. The van der Waals surface area contributed by atoms with Crippen molar-refractivity contribution in [3.8, 4) is 5.75 Å². The van der Waals surface area contributed by atoms with Crippen molar-refractivity contribution in [2.24, 2.45) is 0 Å².